The number of hydrogen-bond donors (Lipinski definition) is 1. The number of aliphatic carboxylic acids is 1. The molecule has 0 spiro atoms. The molecule has 0 bridgehead atoms. The Morgan fingerprint density at radius 2 is 2.22 bits per heavy atom. The first-order chi connectivity index (χ1) is 8.47. The second-order valence-electron chi connectivity index (χ2n) is 4.09. The van der Waals surface area contributed by atoms with Gasteiger partial charge >= 0.3 is 5.97 Å². The molecule has 6 nitrogen and oxygen atoms in total. The molecule has 100 valence electrons. The molecule has 1 aromatic rings. The molecule has 0 aliphatic rings. The summed E-state index contributed by atoms with van der Waals surface area (Å²) < 4.78 is 5.08. The number of carbonyl (C=O) groups is 1. The maximum absolute atomic E-state index is 10.9. The lowest BCUT2D eigenvalue weighted by atomic mass is 10.2. The summed E-state index contributed by atoms with van der Waals surface area (Å²) in [5, 5.41) is 8.97. The van der Waals surface area contributed by atoms with Gasteiger partial charge in [0.05, 0.1) is 7.11 Å². The quantitative estimate of drug-likeness (QED) is 0.827. The predicted molar refractivity (Wildman–Crippen MR) is 68.1 cm³/mol. The molecule has 18 heavy (non-hydrogen) atoms. The number of methoxy groups -OCH3 is 1. The number of carboxylic acid groups (broad SMARTS) is 1. The van der Waals surface area contributed by atoms with Crippen LogP contribution in [0, 0.1) is 6.92 Å². The third kappa shape index (κ3) is 3.58. The summed E-state index contributed by atoms with van der Waals surface area (Å²) >= 11 is 0. The molecule has 1 aromatic heterocycles. The molecule has 1 unspecified atom stereocenters. The first kappa shape index (κ1) is 14.2. The van der Waals surface area contributed by atoms with Crippen LogP contribution in [0.15, 0.2) is 6.07 Å². The highest BCUT2D eigenvalue weighted by molar-refractivity contribution is 5.73. The van der Waals surface area contributed by atoms with E-state index < -0.39 is 5.97 Å². The first-order valence-corrected chi connectivity index (χ1v) is 5.86. The van der Waals surface area contributed by atoms with Gasteiger partial charge in [0.2, 0.25) is 5.88 Å². The van der Waals surface area contributed by atoms with Crippen molar-refractivity contribution in [3.8, 4) is 5.88 Å². The van der Waals surface area contributed by atoms with E-state index >= 15 is 0 Å². The van der Waals surface area contributed by atoms with Crippen molar-refractivity contribution in [3.05, 3.63) is 11.9 Å². The summed E-state index contributed by atoms with van der Waals surface area (Å²) in [5.41, 5.74) is 0. The van der Waals surface area contributed by atoms with Gasteiger partial charge in [0.1, 0.15) is 18.2 Å². The van der Waals surface area contributed by atoms with Crippen LogP contribution in [0.2, 0.25) is 0 Å². The Morgan fingerprint density at radius 1 is 1.56 bits per heavy atom. The Balaban J connectivity index is 3.11. The minimum atomic E-state index is -0.884. The molecule has 1 rings (SSSR count). The third-order valence-corrected chi connectivity index (χ3v) is 2.73. The molecule has 0 saturated heterocycles. The van der Waals surface area contributed by atoms with E-state index in [4.69, 9.17) is 9.84 Å². The van der Waals surface area contributed by atoms with E-state index in [1.807, 2.05) is 13.8 Å². The minimum absolute atomic E-state index is 0.0834. The Bertz CT molecular complexity index is 423. The molecule has 1 heterocycles. The van der Waals surface area contributed by atoms with Gasteiger partial charge in [-0.15, -0.1) is 0 Å². The number of anilines is 1. The zero-order valence-corrected chi connectivity index (χ0v) is 11.2. The maximum Gasteiger partial charge on any atom is 0.323 e. The van der Waals surface area contributed by atoms with Gasteiger partial charge in [0, 0.05) is 12.1 Å². The summed E-state index contributed by atoms with van der Waals surface area (Å²) in [4.78, 5) is 21.0. The fourth-order valence-corrected chi connectivity index (χ4v) is 1.61. The molecule has 0 saturated carbocycles. The maximum atomic E-state index is 10.9. The van der Waals surface area contributed by atoms with Crippen LogP contribution in [0.3, 0.4) is 0 Å². The van der Waals surface area contributed by atoms with Crippen LogP contribution in [0.4, 0.5) is 5.82 Å². The average Bonchev–Trinajstić information content (AvgIpc) is 2.33. The molecule has 1 atom stereocenters. The smallest absolute Gasteiger partial charge is 0.323 e. The monoisotopic (exact) mass is 253 g/mol. The van der Waals surface area contributed by atoms with Crippen LogP contribution in [0.5, 0.6) is 5.88 Å². The molecule has 0 fully saturated rings. The number of carboxylic acids is 1. The van der Waals surface area contributed by atoms with Gasteiger partial charge in [-0.2, -0.15) is 4.98 Å². The van der Waals surface area contributed by atoms with Gasteiger partial charge in [0.25, 0.3) is 0 Å². The van der Waals surface area contributed by atoms with Crippen molar-refractivity contribution in [1.29, 1.82) is 0 Å². The zero-order chi connectivity index (χ0) is 13.7. The van der Waals surface area contributed by atoms with Crippen LogP contribution in [0.25, 0.3) is 0 Å². The van der Waals surface area contributed by atoms with Crippen LogP contribution in [-0.2, 0) is 4.79 Å². The number of ether oxygens (including phenoxy) is 1. The van der Waals surface area contributed by atoms with Crippen molar-refractivity contribution in [2.75, 3.05) is 18.6 Å². The van der Waals surface area contributed by atoms with Gasteiger partial charge in [-0.05, 0) is 20.3 Å². The average molecular weight is 253 g/mol. The van der Waals surface area contributed by atoms with Crippen molar-refractivity contribution >= 4 is 11.8 Å². The highest BCUT2D eigenvalue weighted by Crippen LogP contribution is 2.20. The van der Waals surface area contributed by atoms with E-state index in [0.29, 0.717) is 17.5 Å². The Morgan fingerprint density at radius 3 is 2.72 bits per heavy atom. The van der Waals surface area contributed by atoms with E-state index in [-0.39, 0.29) is 12.6 Å². The van der Waals surface area contributed by atoms with E-state index in [1.165, 1.54) is 7.11 Å². The summed E-state index contributed by atoms with van der Waals surface area (Å²) in [5.74, 6) is 0.695. The lowest BCUT2D eigenvalue weighted by Gasteiger charge is -2.28. The van der Waals surface area contributed by atoms with Crippen molar-refractivity contribution in [1.82, 2.24) is 9.97 Å². The Kier molecular flexibility index (Phi) is 4.88. The summed E-state index contributed by atoms with van der Waals surface area (Å²) in [6, 6.07) is 1.74. The molecular formula is C12H19N3O3. The lowest BCUT2D eigenvalue weighted by Crippen LogP contribution is -2.37. The van der Waals surface area contributed by atoms with Crippen molar-refractivity contribution in [3.63, 3.8) is 0 Å². The second-order valence-corrected chi connectivity index (χ2v) is 4.09. The van der Waals surface area contributed by atoms with Gasteiger partial charge in [-0.25, -0.2) is 4.98 Å². The largest absolute Gasteiger partial charge is 0.481 e. The van der Waals surface area contributed by atoms with Crippen molar-refractivity contribution in [2.24, 2.45) is 0 Å². The SMILES string of the molecule is CCC(C)N(CC(=O)O)c1cc(OC)nc(C)n1. The van der Waals surface area contributed by atoms with E-state index in [0.717, 1.165) is 6.42 Å². The first-order valence-electron chi connectivity index (χ1n) is 5.86. The molecule has 0 aliphatic heterocycles. The molecule has 1 N–H and O–H groups in total. The Hall–Kier alpha value is -1.85. The lowest BCUT2D eigenvalue weighted by molar-refractivity contribution is -0.135. The summed E-state index contributed by atoms with van der Waals surface area (Å²) in [7, 11) is 1.52. The normalized spacial score (nSPS) is 12.0. The van der Waals surface area contributed by atoms with E-state index in [9.17, 15) is 4.79 Å². The number of aryl methyl sites for hydroxylation is 1. The fourth-order valence-electron chi connectivity index (χ4n) is 1.61. The molecule has 0 amide bonds. The van der Waals surface area contributed by atoms with Crippen LogP contribution >= 0.6 is 0 Å². The van der Waals surface area contributed by atoms with Crippen molar-refractivity contribution < 1.29 is 14.6 Å². The van der Waals surface area contributed by atoms with E-state index in [2.05, 4.69) is 9.97 Å². The topological polar surface area (TPSA) is 75.6 Å². The fraction of sp³-hybridized carbons (Fsp3) is 0.583. The summed E-state index contributed by atoms with van der Waals surface area (Å²) in [6.45, 7) is 5.63. The summed E-state index contributed by atoms with van der Waals surface area (Å²) in [6.07, 6.45) is 0.832. The number of aromatic nitrogens is 2. The standard InChI is InChI=1S/C12H19N3O3/c1-5-8(2)15(7-12(16)17)10-6-11(18-4)14-9(3)13-10/h6,8H,5,7H2,1-4H3,(H,16,17). The Labute approximate surface area is 107 Å². The van der Waals surface area contributed by atoms with Gasteiger partial charge in [0.15, 0.2) is 0 Å². The van der Waals surface area contributed by atoms with Crippen molar-refractivity contribution in [2.45, 2.75) is 33.2 Å². The number of rotatable bonds is 6. The molecule has 0 radical (unpaired) electrons. The number of nitrogens with zero attached hydrogens (tertiary/aromatic N) is 3. The second kappa shape index (κ2) is 6.18. The molecule has 6 heteroatoms. The van der Waals surface area contributed by atoms with Gasteiger partial charge in [-0.1, -0.05) is 6.92 Å². The van der Waals surface area contributed by atoms with Crippen LogP contribution in [-0.4, -0.2) is 40.7 Å². The molecule has 0 aliphatic carbocycles. The van der Waals surface area contributed by atoms with Gasteiger partial charge < -0.3 is 14.7 Å². The minimum Gasteiger partial charge on any atom is -0.481 e. The molecular weight excluding hydrogens is 234 g/mol. The van der Waals surface area contributed by atoms with Crippen LogP contribution < -0.4 is 9.64 Å². The predicted octanol–water partition coefficient (Wildman–Crippen LogP) is 1.48. The van der Waals surface area contributed by atoms with Crippen LogP contribution in [0.1, 0.15) is 26.1 Å². The number of hydrogen-bond acceptors (Lipinski definition) is 5. The molecule has 0 aromatic carbocycles. The zero-order valence-electron chi connectivity index (χ0n) is 11.2. The van der Waals surface area contributed by atoms with Gasteiger partial charge in [-0.3, -0.25) is 4.79 Å². The highest BCUT2D eigenvalue weighted by Gasteiger charge is 2.18. The van der Waals surface area contributed by atoms with E-state index in [1.54, 1.807) is 17.9 Å². The third-order valence-electron chi connectivity index (χ3n) is 2.73. The highest BCUT2D eigenvalue weighted by atomic mass is 16.5.